The van der Waals surface area contributed by atoms with Gasteiger partial charge in [-0.25, -0.2) is 0 Å². The third-order valence-electron chi connectivity index (χ3n) is 4.22. The van der Waals surface area contributed by atoms with Crippen molar-refractivity contribution in [1.82, 2.24) is 4.57 Å². The third kappa shape index (κ3) is 2.28. The van der Waals surface area contributed by atoms with E-state index in [0.717, 1.165) is 11.4 Å². The van der Waals surface area contributed by atoms with Crippen LogP contribution in [0.4, 0.5) is 11.4 Å². The van der Waals surface area contributed by atoms with Gasteiger partial charge in [-0.15, -0.1) is 0 Å². The predicted molar refractivity (Wildman–Crippen MR) is 86.1 cm³/mol. The van der Waals surface area contributed by atoms with Gasteiger partial charge >= 0.3 is 0 Å². The summed E-state index contributed by atoms with van der Waals surface area (Å²) in [7, 11) is 1.91. The summed E-state index contributed by atoms with van der Waals surface area (Å²) in [6.07, 6.45) is 1.87. The van der Waals surface area contributed by atoms with Gasteiger partial charge < -0.3 is 14.8 Å². The lowest BCUT2D eigenvalue weighted by Crippen LogP contribution is -2.36. The van der Waals surface area contributed by atoms with Crippen LogP contribution in [0.2, 0.25) is 0 Å². The topological polar surface area (TPSA) is 54.3 Å². The molecule has 1 aliphatic heterocycles. The van der Waals surface area contributed by atoms with Crippen LogP contribution < -0.4 is 10.2 Å². The number of benzene rings is 1. The van der Waals surface area contributed by atoms with Crippen LogP contribution >= 0.6 is 0 Å². The van der Waals surface area contributed by atoms with Gasteiger partial charge in [-0.05, 0) is 25.1 Å². The molecule has 1 aliphatic rings. The van der Waals surface area contributed by atoms with Gasteiger partial charge in [-0.3, -0.25) is 9.59 Å². The maximum absolute atomic E-state index is 13.0. The summed E-state index contributed by atoms with van der Waals surface area (Å²) < 4.78 is 1.92. The van der Waals surface area contributed by atoms with Crippen molar-refractivity contribution in [1.29, 1.82) is 0 Å². The molecule has 1 aromatic carbocycles. The number of aryl methyl sites for hydroxylation is 1. The SMILES string of the molecule is Cc1c(C(=O)N2CC(C)C(=O)Nc3ccccc32)ccn1C. The monoisotopic (exact) mass is 297 g/mol. The van der Waals surface area contributed by atoms with Crippen LogP contribution in [-0.2, 0) is 11.8 Å². The van der Waals surface area contributed by atoms with E-state index in [1.54, 1.807) is 4.90 Å². The number of nitrogens with zero attached hydrogens (tertiary/aromatic N) is 2. The molecule has 0 spiro atoms. The summed E-state index contributed by atoms with van der Waals surface area (Å²) in [4.78, 5) is 26.8. The van der Waals surface area contributed by atoms with E-state index in [-0.39, 0.29) is 17.7 Å². The zero-order chi connectivity index (χ0) is 15.9. The van der Waals surface area contributed by atoms with Gasteiger partial charge in [0, 0.05) is 25.5 Å². The Bertz CT molecular complexity index is 748. The van der Waals surface area contributed by atoms with Crippen molar-refractivity contribution in [2.45, 2.75) is 13.8 Å². The molecule has 0 saturated carbocycles. The first-order chi connectivity index (χ1) is 10.5. The Hall–Kier alpha value is -2.56. The Morgan fingerprint density at radius 2 is 2.00 bits per heavy atom. The first kappa shape index (κ1) is 14.4. The highest BCUT2D eigenvalue weighted by Gasteiger charge is 2.30. The van der Waals surface area contributed by atoms with Gasteiger partial charge in [-0.1, -0.05) is 19.1 Å². The number of carbonyl (C=O) groups is 2. The number of carbonyl (C=O) groups excluding carboxylic acids is 2. The maximum Gasteiger partial charge on any atom is 0.260 e. The Morgan fingerprint density at radius 1 is 1.27 bits per heavy atom. The average molecular weight is 297 g/mol. The van der Waals surface area contributed by atoms with Gasteiger partial charge in [-0.2, -0.15) is 0 Å². The zero-order valence-electron chi connectivity index (χ0n) is 13.0. The lowest BCUT2D eigenvalue weighted by molar-refractivity contribution is -0.119. The fourth-order valence-electron chi connectivity index (χ4n) is 2.70. The van der Waals surface area contributed by atoms with E-state index in [1.165, 1.54) is 0 Å². The summed E-state index contributed by atoms with van der Waals surface area (Å²) in [6.45, 7) is 4.12. The van der Waals surface area contributed by atoms with Gasteiger partial charge in [0.1, 0.15) is 0 Å². The Balaban J connectivity index is 2.07. The molecular weight excluding hydrogens is 278 g/mol. The Morgan fingerprint density at radius 3 is 2.68 bits per heavy atom. The van der Waals surface area contributed by atoms with Gasteiger partial charge in [0.25, 0.3) is 5.91 Å². The van der Waals surface area contributed by atoms with E-state index in [0.29, 0.717) is 17.8 Å². The minimum absolute atomic E-state index is 0.0625. The number of anilines is 2. The Labute approximate surface area is 129 Å². The minimum atomic E-state index is -0.264. The fourth-order valence-corrected chi connectivity index (χ4v) is 2.70. The van der Waals surface area contributed by atoms with E-state index in [2.05, 4.69) is 5.32 Å². The van der Waals surface area contributed by atoms with Crippen LogP contribution in [0, 0.1) is 12.8 Å². The lowest BCUT2D eigenvalue weighted by Gasteiger charge is -2.23. The second kappa shape index (κ2) is 5.33. The van der Waals surface area contributed by atoms with E-state index in [9.17, 15) is 9.59 Å². The van der Waals surface area contributed by atoms with Crippen molar-refractivity contribution in [3.63, 3.8) is 0 Å². The quantitative estimate of drug-likeness (QED) is 0.879. The number of fused-ring (bicyclic) bond motifs is 1. The summed E-state index contributed by atoms with van der Waals surface area (Å²) >= 11 is 0. The molecule has 0 radical (unpaired) electrons. The van der Waals surface area contributed by atoms with Crippen LogP contribution in [0.1, 0.15) is 23.0 Å². The molecule has 0 bridgehead atoms. The molecule has 1 N–H and O–H groups in total. The largest absolute Gasteiger partial charge is 0.354 e. The molecule has 0 fully saturated rings. The van der Waals surface area contributed by atoms with Crippen LogP contribution in [0.3, 0.4) is 0 Å². The highest BCUT2D eigenvalue weighted by atomic mass is 16.2. The summed E-state index contributed by atoms with van der Waals surface area (Å²) in [5, 5.41) is 2.89. The predicted octanol–water partition coefficient (Wildman–Crippen LogP) is 2.57. The molecule has 1 aromatic heterocycles. The molecule has 22 heavy (non-hydrogen) atoms. The van der Waals surface area contributed by atoms with Crippen molar-refractivity contribution in [3.8, 4) is 0 Å². The number of aromatic nitrogens is 1. The molecule has 2 aromatic rings. The first-order valence-corrected chi connectivity index (χ1v) is 7.32. The normalized spacial score (nSPS) is 17.7. The number of amides is 2. The molecule has 5 heteroatoms. The molecular formula is C17H19N3O2. The minimum Gasteiger partial charge on any atom is -0.354 e. The molecule has 3 rings (SSSR count). The van der Waals surface area contributed by atoms with Crippen LogP contribution in [-0.4, -0.2) is 22.9 Å². The second-order valence-corrected chi connectivity index (χ2v) is 5.75. The molecule has 0 aliphatic carbocycles. The van der Waals surface area contributed by atoms with Gasteiger partial charge in [0.15, 0.2) is 0 Å². The summed E-state index contributed by atoms with van der Waals surface area (Å²) in [5.74, 6) is -0.401. The standard InChI is InChI=1S/C17H19N3O2/c1-11-10-20(17(22)13-8-9-19(3)12(13)2)15-7-5-4-6-14(15)18-16(11)21/h4-9,11H,10H2,1-3H3,(H,18,21). The highest BCUT2D eigenvalue weighted by molar-refractivity contribution is 6.11. The van der Waals surface area contributed by atoms with Crippen LogP contribution in [0.5, 0.6) is 0 Å². The van der Waals surface area contributed by atoms with Crippen LogP contribution in [0.15, 0.2) is 36.5 Å². The molecule has 1 unspecified atom stereocenters. The average Bonchev–Trinajstić information content (AvgIpc) is 2.77. The zero-order valence-corrected chi connectivity index (χ0v) is 13.0. The molecule has 0 saturated heterocycles. The maximum atomic E-state index is 13.0. The number of hydrogen-bond donors (Lipinski definition) is 1. The fraction of sp³-hybridized carbons (Fsp3) is 0.294. The van der Waals surface area contributed by atoms with Crippen LogP contribution in [0.25, 0.3) is 0 Å². The number of nitrogens with one attached hydrogen (secondary N) is 1. The van der Waals surface area contributed by atoms with Crippen molar-refractivity contribution < 1.29 is 9.59 Å². The molecule has 5 nitrogen and oxygen atoms in total. The van der Waals surface area contributed by atoms with Gasteiger partial charge in [0.05, 0.1) is 22.9 Å². The van der Waals surface area contributed by atoms with Crippen molar-refractivity contribution in [2.24, 2.45) is 13.0 Å². The van der Waals surface area contributed by atoms with E-state index >= 15 is 0 Å². The molecule has 2 heterocycles. The summed E-state index contributed by atoms with van der Waals surface area (Å²) in [5.41, 5.74) is 3.00. The molecule has 2 amide bonds. The number of para-hydroxylation sites is 2. The number of rotatable bonds is 1. The van der Waals surface area contributed by atoms with E-state index in [4.69, 9.17) is 0 Å². The Kier molecular flexibility index (Phi) is 3.48. The lowest BCUT2D eigenvalue weighted by atomic mass is 10.1. The second-order valence-electron chi connectivity index (χ2n) is 5.75. The van der Waals surface area contributed by atoms with E-state index < -0.39 is 0 Å². The highest BCUT2D eigenvalue weighted by Crippen LogP contribution is 2.31. The summed E-state index contributed by atoms with van der Waals surface area (Å²) in [6, 6.07) is 9.24. The van der Waals surface area contributed by atoms with Crippen molar-refractivity contribution in [3.05, 3.63) is 47.8 Å². The first-order valence-electron chi connectivity index (χ1n) is 7.32. The third-order valence-corrected chi connectivity index (χ3v) is 4.22. The smallest absolute Gasteiger partial charge is 0.260 e. The van der Waals surface area contributed by atoms with Crippen molar-refractivity contribution >= 4 is 23.2 Å². The van der Waals surface area contributed by atoms with E-state index in [1.807, 2.05) is 62.0 Å². The molecule has 1 atom stereocenters. The van der Waals surface area contributed by atoms with Gasteiger partial charge in [0.2, 0.25) is 5.91 Å². The molecule has 114 valence electrons. The van der Waals surface area contributed by atoms with Crippen molar-refractivity contribution in [2.75, 3.05) is 16.8 Å². The number of hydrogen-bond acceptors (Lipinski definition) is 2.